The molecule has 29 heavy (non-hydrogen) atoms. The van der Waals surface area contributed by atoms with Gasteiger partial charge in [0, 0.05) is 12.4 Å². The smallest absolute Gasteiger partial charge is 0.341 e. The molecule has 2 aromatic carbocycles. The Morgan fingerprint density at radius 3 is 2.10 bits per heavy atom. The van der Waals surface area contributed by atoms with E-state index in [4.69, 9.17) is 4.74 Å². The van der Waals surface area contributed by atoms with Crippen molar-refractivity contribution in [1.29, 1.82) is 0 Å². The lowest BCUT2D eigenvalue weighted by Gasteiger charge is -2.35. The van der Waals surface area contributed by atoms with Crippen molar-refractivity contribution < 1.29 is 19.1 Å². The predicted molar refractivity (Wildman–Crippen MR) is 104 cm³/mol. The third-order valence-corrected chi connectivity index (χ3v) is 4.80. The first kappa shape index (κ1) is 18.4. The summed E-state index contributed by atoms with van der Waals surface area (Å²) in [5.41, 5.74) is -0.0168. The van der Waals surface area contributed by atoms with Crippen molar-refractivity contribution in [2.24, 2.45) is 0 Å². The second-order valence-electron chi connectivity index (χ2n) is 6.43. The molecule has 0 spiro atoms. The number of nitrogens with zero attached hydrogens (tertiary/aromatic N) is 2. The van der Waals surface area contributed by atoms with E-state index in [-0.39, 0.29) is 5.56 Å². The molecular weight excluding hydrogens is 370 g/mol. The van der Waals surface area contributed by atoms with Crippen LogP contribution in [0.1, 0.15) is 21.5 Å². The molecule has 0 atom stereocenters. The van der Waals surface area contributed by atoms with Gasteiger partial charge in [-0.1, -0.05) is 60.7 Å². The number of ether oxygens (including phenoxy) is 1. The molecule has 4 rings (SSSR count). The summed E-state index contributed by atoms with van der Waals surface area (Å²) in [5.74, 6) is -1.14. The lowest BCUT2D eigenvalue weighted by Crippen LogP contribution is -2.49. The van der Waals surface area contributed by atoms with Gasteiger partial charge in [0.25, 0.3) is 5.91 Å². The summed E-state index contributed by atoms with van der Waals surface area (Å²) in [6.07, 6.45) is 2.92. The normalized spacial score (nSPS) is 15.1. The van der Waals surface area contributed by atoms with Crippen LogP contribution in [-0.2, 0) is 15.1 Å². The zero-order valence-corrected chi connectivity index (χ0v) is 15.3. The monoisotopic (exact) mass is 387 g/mol. The standard InChI is InChI=1S/C22H17N3O4/c26-19(16-8-7-13-23-14-16)29-15-25-21(28)24-20(27)22(25,17-9-3-1-4-10-17)18-11-5-2-6-12-18/h1-14H,15H2,(H,24,27,28). The first-order valence-electron chi connectivity index (χ1n) is 8.95. The molecular formula is C22H17N3O4. The fraction of sp³-hybridized carbons (Fsp3) is 0.0909. The minimum atomic E-state index is -1.45. The first-order valence-corrected chi connectivity index (χ1v) is 8.95. The van der Waals surface area contributed by atoms with Crippen molar-refractivity contribution in [1.82, 2.24) is 15.2 Å². The molecule has 1 fully saturated rings. The number of benzene rings is 2. The number of esters is 1. The summed E-state index contributed by atoms with van der Waals surface area (Å²) in [6.45, 7) is -0.408. The van der Waals surface area contributed by atoms with E-state index in [9.17, 15) is 14.4 Å². The van der Waals surface area contributed by atoms with Gasteiger partial charge in [0.05, 0.1) is 5.56 Å². The highest BCUT2D eigenvalue weighted by Gasteiger charge is 2.55. The van der Waals surface area contributed by atoms with Crippen molar-refractivity contribution in [2.45, 2.75) is 5.54 Å². The number of carbonyl (C=O) groups excluding carboxylic acids is 3. The van der Waals surface area contributed by atoms with Crippen LogP contribution in [0.15, 0.2) is 85.2 Å². The highest BCUT2D eigenvalue weighted by molar-refractivity contribution is 6.09. The van der Waals surface area contributed by atoms with E-state index >= 15 is 0 Å². The summed E-state index contributed by atoms with van der Waals surface area (Å²) in [7, 11) is 0. The van der Waals surface area contributed by atoms with Crippen molar-refractivity contribution >= 4 is 17.9 Å². The zero-order valence-electron chi connectivity index (χ0n) is 15.3. The summed E-state index contributed by atoms with van der Waals surface area (Å²) in [5, 5.41) is 2.36. The number of pyridine rings is 1. The van der Waals surface area contributed by atoms with Crippen LogP contribution >= 0.6 is 0 Å². The van der Waals surface area contributed by atoms with Crippen LogP contribution in [0.4, 0.5) is 4.79 Å². The van der Waals surface area contributed by atoms with E-state index < -0.39 is 30.2 Å². The van der Waals surface area contributed by atoms with E-state index in [1.165, 1.54) is 11.1 Å². The van der Waals surface area contributed by atoms with Crippen LogP contribution in [0.25, 0.3) is 0 Å². The van der Waals surface area contributed by atoms with Crippen molar-refractivity contribution in [2.75, 3.05) is 6.73 Å². The molecule has 3 aromatic rings. The average Bonchev–Trinajstić information content (AvgIpc) is 3.03. The Balaban J connectivity index is 1.75. The SMILES string of the molecule is O=C(OCN1C(=O)NC(=O)C1(c1ccccc1)c1ccccc1)c1cccnc1. The molecule has 1 aliphatic heterocycles. The Bertz CT molecular complexity index is 1000. The minimum absolute atomic E-state index is 0.253. The average molecular weight is 387 g/mol. The molecule has 7 nitrogen and oxygen atoms in total. The molecule has 1 aromatic heterocycles. The first-order chi connectivity index (χ1) is 14.1. The van der Waals surface area contributed by atoms with Crippen LogP contribution in [0, 0.1) is 0 Å². The Hall–Kier alpha value is -4.00. The summed E-state index contributed by atoms with van der Waals surface area (Å²) in [6, 6.07) is 20.4. The van der Waals surface area contributed by atoms with Gasteiger partial charge in [0.1, 0.15) is 0 Å². The van der Waals surface area contributed by atoms with E-state index in [0.29, 0.717) is 11.1 Å². The Morgan fingerprint density at radius 1 is 0.931 bits per heavy atom. The summed E-state index contributed by atoms with van der Waals surface area (Å²) >= 11 is 0. The second kappa shape index (κ2) is 7.55. The molecule has 1 aliphatic rings. The number of aromatic nitrogens is 1. The summed E-state index contributed by atoms with van der Waals surface area (Å²) < 4.78 is 5.36. The van der Waals surface area contributed by atoms with E-state index in [1.807, 2.05) is 12.1 Å². The molecule has 7 heteroatoms. The third-order valence-electron chi connectivity index (χ3n) is 4.80. The van der Waals surface area contributed by atoms with Gasteiger partial charge in [0.15, 0.2) is 12.3 Å². The topological polar surface area (TPSA) is 88.6 Å². The van der Waals surface area contributed by atoms with Gasteiger partial charge in [-0.3, -0.25) is 20.0 Å². The largest absolute Gasteiger partial charge is 0.440 e. The van der Waals surface area contributed by atoms with Crippen molar-refractivity contribution in [3.8, 4) is 0 Å². The maximum atomic E-state index is 13.1. The molecule has 1 saturated heterocycles. The van der Waals surface area contributed by atoms with E-state index in [1.54, 1.807) is 66.9 Å². The molecule has 0 saturated carbocycles. The maximum Gasteiger partial charge on any atom is 0.341 e. The zero-order chi connectivity index (χ0) is 20.3. The molecule has 1 N–H and O–H groups in total. The molecule has 2 heterocycles. The number of carbonyl (C=O) groups is 3. The fourth-order valence-electron chi connectivity index (χ4n) is 3.47. The molecule has 0 bridgehead atoms. The highest BCUT2D eigenvalue weighted by atomic mass is 16.5. The van der Waals surface area contributed by atoms with E-state index in [2.05, 4.69) is 10.3 Å². The van der Waals surface area contributed by atoms with Crippen LogP contribution in [-0.4, -0.2) is 34.5 Å². The Morgan fingerprint density at radius 2 is 1.55 bits per heavy atom. The summed E-state index contributed by atoms with van der Waals surface area (Å²) in [4.78, 5) is 43.3. The Labute approximate surface area is 166 Å². The minimum Gasteiger partial charge on any atom is -0.440 e. The number of rotatable bonds is 5. The lowest BCUT2D eigenvalue weighted by molar-refractivity contribution is -0.126. The van der Waals surface area contributed by atoms with Crippen LogP contribution in [0.5, 0.6) is 0 Å². The van der Waals surface area contributed by atoms with Gasteiger partial charge in [0.2, 0.25) is 0 Å². The fourth-order valence-corrected chi connectivity index (χ4v) is 3.47. The van der Waals surface area contributed by atoms with Crippen molar-refractivity contribution in [3.05, 3.63) is 102 Å². The number of nitrogens with one attached hydrogen (secondary N) is 1. The molecule has 3 amide bonds. The van der Waals surface area contributed by atoms with Gasteiger partial charge in [-0.15, -0.1) is 0 Å². The van der Waals surface area contributed by atoms with Gasteiger partial charge in [-0.2, -0.15) is 0 Å². The van der Waals surface area contributed by atoms with Crippen LogP contribution < -0.4 is 5.32 Å². The quantitative estimate of drug-likeness (QED) is 0.537. The van der Waals surface area contributed by atoms with Crippen LogP contribution in [0.3, 0.4) is 0 Å². The van der Waals surface area contributed by atoms with Crippen LogP contribution in [0.2, 0.25) is 0 Å². The number of amides is 3. The Kier molecular flexibility index (Phi) is 4.78. The highest BCUT2D eigenvalue weighted by Crippen LogP contribution is 2.39. The number of hydrogen-bond donors (Lipinski definition) is 1. The number of hydrogen-bond acceptors (Lipinski definition) is 5. The van der Waals surface area contributed by atoms with Gasteiger partial charge in [-0.05, 0) is 23.3 Å². The molecule has 0 unspecified atom stereocenters. The maximum absolute atomic E-state index is 13.1. The lowest BCUT2D eigenvalue weighted by atomic mass is 9.81. The van der Waals surface area contributed by atoms with Gasteiger partial charge in [-0.25, -0.2) is 9.59 Å². The molecule has 144 valence electrons. The second-order valence-corrected chi connectivity index (χ2v) is 6.43. The molecule has 0 radical (unpaired) electrons. The number of urea groups is 1. The predicted octanol–water partition coefficient (Wildman–Crippen LogP) is 2.69. The third kappa shape index (κ3) is 3.12. The van der Waals surface area contributed by atoms with Gasteiger partial charge < -0.3 is 4.74 Å². The van der Waals surface area contributed by atoms with Crippen molar-refractivity contribution in [3.63, 3.8) is 0 Å². The van der Waals surface area contributed by atoms with Gasteiger partial charge >= 0.3 is 12.0 Å². The number of imide groups is 1. The van der Waals surface area contributed by atoms with E-state index in [0.717, 1.165) is 0 Å². The molecule has 0 aliphatic carbocycles.